The minimum absolute atomic E-state index is 0.114. The summed E-state index contributed by atoms with van der Waals surface area (Å²) in [6.45, 7) is 3.99. The van der Waals surface area contributed by atoms with Crippen molar-refractivity contribution in [3.05, 3.63) is 71.8 Å². The van der Waals surface area contributed by atoms with Crippen molar-refractivity contribution in [2.45, 2.75) is 82.1 Å². The number of rotatable bonds is 14. The number of aliphatic hydroxyl groups excluding tert-OH is 2. The Morgan fingerprint density at radius 3 is 1.77 bits per heavy atom. The van der Waals surface area contributed by atoms with Crippen molar-refractivity contribution < 1.29 is 20.1 Å². The summed E-state index contributed by atoms with van der Waals surface area (Å²) >= 11 is 0. The van der Waals surface area contributed by atoms with Crippen LogP contribution >= 0.6 is 0 Å². The average molecular weight is 427 g/mol. The van der Waals surface area contributed by atoms with E-state index in [1.165, 1.54) is 0 Å². The lowest BCUT2D eigenvalue weighted by atomic mass is 9.78. The van der Waals surface area contributed by atoms with E-state index < -0.39 is 11.4 Å². The quantitative estimate of drug-likeness (QED) is 0.351. The van der Waals surface area contributed by atoms with Gasteiger partial charge < -0.3 is 15.3 Å². The molecule has 0 aliphatic rings. The Bertz CT molecular complexity index is 776. The van der Waals surface area contributed by atoms with Gasteiger partial charge in [-0.15, -0.1) is 0 Å². The largest absolute Gasteiger partial charge is 0.481 e. The van der Waals surface area contributed by atoms with Crippen LogP contribution in [0, 0.1) is 0 Å². The Morgan fingerprint density at radius 2 is 1.29 bits per heavy atom. The van der Waals surface area contributed by atoms with Crippen LogP contribution < -0.4 is 0 Å². The topological polar surface area (TPSA) is 77.8 Å². The van der Waals surface area contributed by atoms with E-state index >= 15 is 0 Å². The smallest absolute Gasteiger partial charge is 0.313 e. The van der Waals surface area contributed by atoms with E-state index in [0.717, 1.165) is 49.7 Å². The van der Waals surface area contributed by atoms with Crippen molar-refractivity contribution in [1.29, 1.82) is 0 Å². The average Bonchev–Trinajstić information content (AvgIpc) is 2.80. The van der Waals surface area contributed by atoms with Crippen LogP contribution in [-0.4, -0.2) is 34.0 Å². The van der Waals surface area contributed by atoms with Crippen LogP contribution in [0.1, 0.15) is 76.3 Å². The molecule has 0 aromatic heterocycles. The maximum absolute atomic E-state index is 11.9. The van der Waals surface area contributed by atoms with Crippen LogP contribution in [0.2, 0.25) is 0 Å². The molecule has 3 unspecified atom stereocenters. The van der Waals surface area contributed by atoms with Crippen molar-refractivity contribution in [3.63, 3.8) is 0 Å². The van der Waals surface area contributed by atoms with Crippen LogP contribution in [0.25, 0.3) is 0 Å². The summed E-state index contributed by atoms with van der Waals surface area (Å²) in [6, 6.07) is 19.5. The third-order valence-electron chi connectivity index (χ3n) is 6.68. The van der Waals surface area contributed by atoms with Gasteiger partial charge in [0, 0.05) is 5.41 Å². The van der Waals surface area contributed by atoms with Gasteiger partial charge >= 0.3 is 5.97 Å². The predicted octanol–water partition coefficient (Wildman–Crippen LogP) is 5.46. The first-order chi connectivity index (χ1) is 14.8. The van der Waals surface area contributed by atoms with Gasteiger partial charge in [-0.25, -0.2) is 0 Å². The number of unbranched alkanes of at least 4 members (excludes halogenated alkanes) is 2. The summed E-state index contributed by atoms with van der Waals surface area (Å²) in [5, 5.41) is 30.0. The molecule has 0 heterocycles. The number of aliphatic hydroxyl groups is 2. The van der Waals surface area contributed by atoms with E-state index in [1.807, 2.05) is 48.5 Å². The van der Waals surface area contributed by atoms with Crippen molar-refractivity contribution in [2.75, 3.05) is 6.61 Å². The summed E-state index contributed by atoms with van der Waals surface area (Å²) in [7, 11) is 0. The Labute approximate surface area is 187 Å². The second kappa shape index (κ2) is 12.0. The SMILES string of the molecule is CC(CO)(CCCCC(O)CCCCC(C)(C(=O)O)c1ccccc1)c1ccccc1. The minimum Gasteiger partial charge on any atom is -0.481 e. The number of carboxylic acids is 1. The molecule has 0 aliphatic carbocycles. The van der Waals surface area contributed by atoms with Gasteiger partial charge in [-0.1, -0.05) is 93.3 Å². The first kappa shape index (κ1) is 25.1. The second-order valence-electron chi connectivity index (χ2n) is 9.23. The van der Waals surface area contributed by atoms with E-state index in [1.54, 1.807) is 6.92 Å². The summed E-state index contributed by atoms with van der Waals surface area (Å²) in [5.41, 5.74) is 0.843. The van der Waals surface area contributed by atoms with E-state index in [9.17, 15) is 20.1 Å². The highest BCUT2D eigenvalue weighted by molar-refractivity contribution is 5.80. The third kappa shape index (κ3) is 7.19. The molecule has 4 heteroatoms. The predicted molar refractivity (Wildman–Crippen MR) is 125 cm³/mol. The van der Waals surface area contributed by atoms with Gasteiger partial charge in [0.05, 0.1) is 18.1 Å². The molecule has 3 atom stereocenters. The summed E-state index contributed by atoms with van der Waals surface area (Å²) in [4.78, 5) is 11.9. The Kier molecular flexibility index (Phi) is 9.73. The lowest BCUT2D eigenvalue weighted by Crippen LogP contribution is -2.32. The van der Waals surface area contributed by atoms with E-state index in [2.05, 4.69) is 19.1 Å². The van der Waals surface area contributed by atoms with Crippen LogP contribution in [0.3, 0.4) is 0 Å². The van der Waals surface area contributed by atoms with Gasteiger partial charge in [0.1, 0.15) is 0 Å². The van der Waals surface area contributed by atoms with Crippen LogP contribution in [0.15, 0.2) is 60.7 Å². The Balaban J connectivity index is 1.70. The molecule has 0 aliphatic heterocycles. The van der Waals surface area contributed by atoms with Crippen molar-refractivity contribution in [1.82, 2.24) is 0 Å². The minimum atomic E-state index is -0.890. The fraction of sp³-hybridized carbons (Fsp3) is 0.519. The summed E-state index contributed by atoms with van der Waals surface area (Å²) < 4.78 is 0. The number of hydrogen-bond donors (Lipinski definition) is 3. The maximum Gasteiger partial charge on any atom is 0.313 e. The molecule has 31 heavy (non-hydrogen) atoms. The highest BCUT2D eigenvalue weighted by atomic mass is 16.4. The monoisotopic (exact) mass is 426 g/mol. The molecule has 0 spiro atoms. The number of carboxylic acid groups (broad SMARTS) is 1. The number of hydrogen-bond acceptors (Lipinski definition) is 3. The first-order valence-corrected chi connectivity index (χ1v) is 11.5. The zero-order valence-electron chi connectivity index (χ0n) is 19.0. The highest BCUT2D eigenvalue weighted by Gasteiger charge is 2.34. The van der Waals surface area contributed by atoms with Gasteiger partial charge in [-0.2, -0.15) is 0 Å². The normalized spacial score (nSPS) is 16.3. The van der Waals surface area contributed by atoms with Crippen molar-refractivity contribution in [2.24, 2.45) is 0 Å². The zero-order chi connectivity index (χ0) is 22.7. The number of benzene rings is 2. The molecular formula is C27H38O4. The second-order valence-corrected chi connectivity index (χ2v) is 9.23. The van der Waals surface area contributed by atoms with Crippen LogP contribution in [0.5, 0.6) is 0 Å². The van der Waals surface area contributed by atoms with E-state index in [0.29, 0.717) is 12.8 Å². The first-order valence-electron chi connectivity index (χ1n) is 11.5. The fourth-order valence-corrected chi connectivity index (χ4v) is 4.23. The molecule has 0 amide bonds. The molecular weight excluding hydrogens is 388 g/mol. The molecule has 170 valence electrons. The molecule has 2 aromatic carbocycles. The van der Waals surface area contributed by atoms with Gasteiger partial charge in [0.2, 0.25) is 0 Å². The van der Waals surface area contributed by atoms with Gasteiger partial charge in [-0.3, -0.25) is 4.79 Å². The molecule has 2 aromatic rings. The zero-order valence-corrected chi connectivity index (χ0v) is 19.0. The third-order valence-corrected chi connectivity index (χ3v) is 6.68. The summed E-state index contributed by atoms with van der Waals surface area (Å²) in [6.07, 6.45) is 5.98. The van der Waals surface area contributed by atoms with Crippen LogP contribution in [0.4, 0.5) is 0 Å². The van der Waals surface area contributed by atoms with E-state index in [4.69, 9.17) is 0 Å². The van der Waals surface area contributed by atoms with Crippen molar-refractivity contribution >= 4 is 5.97 Å². The molecule has 0 bridgehead atoms. The van der Waals surface area contributed by atoms with Gasteiger partial charge in [0.25, 0.3) is 0 Å². The van der Waals surface area contributed by atoms with Gasteiger partial charge in [0.15, 0.2) is 0 Å². The molecule has 0 radical (unpaired) electrons. The molecule has 0 saturated heterocycles. The molecule has 0 fully saturated rings. The molecule has 2 rings (SSSR count). The van der Waals surface area contributed by atoms with E-state index in [-0.39, 0.29) is 18.1 Å². The maximum atomic E-state index is 11.9. The van der Waals surface area contributed by atoms with Crippen molar-refractivity contribution in [3.8, 4) is 0 Å². The fourth-order valence-electron chi connectivity index (χ4n) is 4.23. The lowest BCUT2D eigenvalue weighted by Gasteiger charge is -2.28. The standard InChI is InChI=1S/C27H38O4/c1-26(21-28,22-13-5-3-6-14-22)19-11-9-17-24(29)18-10-12-20-27(2,25(30)31)23-15-7-4-8-16-23/h3-8,13-16,24,28-29H,9-12,17-21H2,1-2H3,(H,30,31). The summed E-state index contributed by atoms with van der Waals surface area (Å²) in [5.74, 6) is -0.801. The van der Waals surface area contributed by atoms with Gasteiger partial charge in [-0.05, 0) is 43.7 Å². The number of carbonyl (C=O) groups is 1. The molecule has 3 N–H and O–H groups in total. The molecule has 4 nitrogen and oxygen atoms in total. The number of aliphatic carboxylic acids is 1. The molecule has 0 saturated carbocycles. The van der Waals surface area contributed by atoms with Crippen LogP contribution in [-0.2, 0) is 15.6 Å². The Morgan fingerprint density at radius 1 is 0.806 bits per heavy atom. The lowest BCUT2D eigenvalue weighted by molar-refractivity contribution is -0.143. The highest BCUT2D eigenvalue weighted by Crippen LogP contribution is 2.31. The Hall–Kier alpha value is -2.17.